The van der Waals surface area contributed by atoms with E-state index < -0.39 is 17.7 Å². The minimum absolute atomic E-state index is 0.220. The van der Waals surface area contributed by atoms with Crippen LogP contribution in [0.3, 0.4) is 0 Å². The summed E-state index contributed by atoms with van der Waals surface area (Å²) in [6.07, 6.45) is 0. The Morgan fingerprint density at radius 2 is 1.78 bits per heavy atom. The Bertz CT molecular complexity index is 887. The van der Waals surface area contributed by atoms with Gasteiger partial charge in [-0.05, 0) is 55.3 Å². The topological polar surface area (TPSA) is 54.0 Å². The van der Waals surface area contributed by atoms with Gasteiger partial charge in [0, 0.05) is 5.69 Å². The zero-order valence-corrected chi connectivity index (χ0v) is 13.2. The third kappa shape index (κ3) is 3.45. The molecule has 0 saturated carbocycles. The van der Waals surface area contributed by atoms with E-state index in [9.17, 15) is 13.6 Å². The fourth-order valence-corrected chi connectivity index (χ4v) is 3.21. The summed E-state index contributed by atoms with van der Waals surface area (Å²) in [5.41, 5.74) is 2.03. The Morgan fingerprint density at radius 3 is 2.52 bits per heavy atom. The lowest BCUT2D eigenvalue weighted by molar-refractivity contribution is 0.262. The number of aryl methyl sites for hydroxylation is 2. The van der Waals surface area contributed by atoms with Crippen molar-refractivity contribution in [3.8, 4) is 0 Å². The first-order valence-electron chi connectivity index (χ1n) is 6.82. The van der Waals surface area contributed by atoms with Crippen molar-refractivity contribution in [2.24, 2.45) is 0 Å². The molecule has 0 radical (unpaired) electrons. The number of fused-ring (bicyclic) bond motifs is 1. The van der Waals surface area contributed by atoms with Crippen LogP contribution in [0, 0.1) is 25.5 Å². The van der Waals surface area contributed by atoms with Gasteiger partial charge in [-0.2, -0.15) is 0 Å². The van der Waals surface area contributed by atoms with Crippen LogP contribution in [-0.4, -0.2) is 11.0 Å². The third-order valence-electron chi connectivity index (χ3n) is 3.11. The molecule has 0 saturated heterocycles. The van der Waals surface area contributed by atoms with Gasteiger partial charge in [-0.1, -0.05) is 11.3 Å². The van der Waals surface area contributed by atoms with Crippen LogP contribution < -0.4 is 10.6 Å². The smallest absolute Gasteiger partial charge is 0.308 e. The fraction of sp³-hybridized carbons (Fsp3) is 0.125. The predicted octanol–water partition coefficient (Wildman–Crippen LogP) is 4.84. The minimum Gasteiger partial charge on any atom is -0.308 e. The summed E-state index contributed by atoms with van der Waals surface area (Å²) >= 11 is 1.17. The zero-order chi connectivity index (χ0) is 16.6. The van der Waals surface area contributed by atoms with E-state index in [1.54, 1.807) is 26.0 Å². The second-order valence-electron chi connectivity index (χ2n) is 5.21. The number of nitrogens with zero attached hydrogens (tertiary/aromatic N) is 1. The van der Waals surface area contributed by atoms with Crippen molar-refractivity contribution < 1.29 is 13.6 Å². The van der Waals surface area contributed by atoms with E-state index in [4.69, 9.17) is 0 Å². The van der Waals surface area contributed by atoms with Crippen LogP contribution >= 0.6 is 11.3 Å². The highest BCUT2D eigenvalue weighted by atomic mass is 32.1. The van der Waals surface area contributed by atoms with Gasteiger partial charge in [0.1, 0.15) is 11.3 Å². The van der Waals surface area contributed by atoms with Crippen LogP contribution in [0.15, 0.2) is 30.3 Å². The van der Waals surface area contributed by atoms with Crippen LogP contribution in [0.5, 0.6) is 0 Å². The molecular weight excluding hydrogens is 320 g/mol. The number of nitrogens with one attached hydrogen (secondary N) is 2. The lowest BCUT2D eigenvalue weighted by Gasteiger charge is -2.06. The second-order valence-corrected chi connectivity index (χ2v) is 6.24. The number of carbonyl (C=O) groups excluding carboxylic acids is 1. The molecule has 23 heavy (non-hydrogen) atoms. The van der Waals surface area contributed by atoms with E-state index in [-0.39, 0.29) is 10.6 Å². The van der Waals surface area contributed by atoms with E-state index in [1.807, 2.05) is 0 Å². The second kappa shape index (κ2) is 5.92. The first kappa shape index (κ1) is 15.4. The van der Waals surface area contributed by atoms with Crippen molar-refractivity contribution >= 4 is 38.4 Å². The number of halogens is 2. The van der Waals surface area contributed by atoms with Gasteiger partial charge in [-0.15, -0.1) is 0 Å². The normalized spacial score (nSPS) is 10.8. The number of thiazole rings is 1. The molecule has 1 heterocycles. The van der Waals surface area contributed by atoms with Crippen LogP contribution in [0.2, 0.25) is 0 Å². The van der Waals surface area contributed by atoms with E-state index in [0.717, 1.165) is 5.56 Å². The van der Waals surface area contributed by atoms with Gasteiger partial charge in [0.25, 0.3) is 0 Å². The summed E-state index contributed by atoms with van der Waals surface area (Å²) in [5.74, 6) is -0.858. The molecule has 3 aromatic rings. The molecule has 2 aromatic carbocycles. The summed E-state index contributed by atoms with van der Waals surface area (Å²) < 4.78 is 27.8. The van der Waals surface area contributed by atoms with Crippen molar-refractivity contribution in [3.63, 3.8) is 0 Å². The Kier molecular flexibility index (Phi) is 3.96. The van der Waals surface area contributed by atoms with Crippen molar-refractivity contribution in [1.29, 1.82) is 0 Å². The molecule has 3 rings (SSSR count). The van der Waals surface area contributed by atoms with Crippen LogP contribution in [-0.2, 0) is 0 Å². The SMILES string of the molecule is Cc1cc(F)cc(NC(=O)Nc2nc3c(F)cc(C)cc3s2)c1. The molecule has 4 nitrogen and oxygen atoms in total. The first-order valence-corrected chi connectivity index (χ1v) is 7.64. The summed E-state index contributed by atoms with van der Waals surface area (Å²) in [6.45, 7) is 3.51. The van der Waals surface area contributed by atoms with Gasteiger partial charge in [-0.25, -0.2) is 18.6 Å². The molecule has 0 unspecified atom stereocenters. The van der Waals surface area contributed by atoms with Gasteiger partial charge in [0.2, 0.25) is 0 Å². The molecule has 0 atom stereocenters. The fourth-order valence-electron chi connectivity index (χ4n) is 2.24. The molecule has 0 fully saturated rings. The van der Waals surface area contributed by atoms with Gasteiger partial charge in [0.05, 0.1) is 4.70 Å². The molecule has 0 aliphatic rings. The van der Waals surface area contributed by atoms with Crippen LogP contribution in [0.4, 0.5) is 24.4 Å². The molecule has 1 aromatic heterocycles. The summed E-state index contributed by atoms with van der Waals surface area (Å²) in [6, 6.07) is 6.85. The number of benzene rings is 2. The number of amides is 2. The highest BCUT2D eigenvalue weighted by Crippen LogP contribution is 2.29. The lowest BCUT2D eigenvalue weighted by Crippen LogP contribution is -2.19. The molecular formula is C16H13F2N3OS. The van der Waals surface area contributed by atoms with Gasteiger partial charge < -0.3 is 5.32 Å². The van der Waals surface area contributed by atoms with Crippen molar-refractivity contribution in [3.05, 3.63) is 53.1 Å². The molecule has 0 spiro atoms. The maximum atomic E-state index is 13.8. The third-order valence-corrected chi connectivity index (χ3v) is 4.03. The maximum Gasteiger partial charge on any atom is 0.325 e. The molecule has 0 aliphatic heterocycles. The number of aromatic nitrogens is 1. The molecule has 0 bridgehead atoms. The van der Waals surface area contributed by atoms with Crippen molar-refractivity contribution in [2.45, 2.75) is 13.8 Å². The Hall–Kier alpha value is -2.54. The predicted molar refractivity (Wildman–Crippen MR) is 88.1 cm³/mol. The molecule has 2 amide bonds. The van der Waals surface area contributed by atoms with E-state index >= 15 is 0 Å². The molecule has 7 heteroatoms. The number of urea groups is 1. The number of carbonyl (C=O) groups is 1. The van der Waals surface area contributed by atoms with Gasteiger partial charge >= 0.3 is 6.03 Å². The highest BCUT2D eigenvalue weighted by Gasteiger charge is 2.12. The van der Waals surface area contributed by atoms with Crippen LogP contribution in [0.25, 0.3) is 10.2 Å². The lowest BCUT2D eigenvalue weighted by atomic mass is 10.2. The van der Waals surface area contributed by atoms with Crippen LogP contribution in [0.1, 0.15) is 11.1 Å². The van der Waals surface area contributed by atoms with Gasteiger partial charge in [0.15, 0.2) is 10.9 Å². The standard InChI is InChI=1S/C16H13F2N3OS/c1-8-3-10(17)7-11(4-8)19-15(22)21-16-20-14-12(18)5-9(2)6-13(14)23-16/h3-7H,1-2H3,(H2,19,20,21,22). The summed E-state index contributed by atoms with van der Waals surface area (Å²) in [7, 11) is 0. The van der Waals surface area contributed by atoms with E-state index in [0.29, 0.717) is 16.0 Å². The summed E-state index contributed by atoms with van der Waals surface area (Å²) in [4.78, 5) is 16.0. The summed E-state index contributed by atoms with van der Waals surface area (Å²) in [5, 5.41) is 5.33. The largest absolute Gasteiger partial charge is 0.325 e. The Morgan fingerprint density at radius 1 is 1.04 bits per heavy atom. The number of hydrogen-bond acceptors (Lipinski definition) is 3. The van der Waals surface area contributed by atoms with E-state index in [1.165, 1.54) is 29.5 Å². The quantitative estimate of drug-likeness (QED) is 0.705. The molecule has 118 valence electrons. The Balaban J connectivity index is 1.78. The first-order chi connectivity index (χ1) is 10.9. The van der Waals surface area contributed by atoms with Crippen molar-refractivity contribution in [2.75, 3.05) is 10.6 Å². The van der Waals surface area contributed by atoms with Crippen molar-refractivity contribution in [1.82, 2.24) is 4.98 Å². The average Bonchev–Trinajstić information content (AvgIpc) is 2.79. The van der Waals surface area contributed by atoms with E-state index in [2.05, 4.69) is 15.6 Å². The average molecular weight is 333 g/mol. The number of hydrogen-bond donors (Lipinski definition) is 2. The molecule has 2 N–H and O–H groups in total. The zero-order valence-electron chi connectivity index (χ0n) is 12.4. The monoisotopic (exact) mass is 333 g/mol. The number of anilines is 2. The molecule has 0 aliphatic carbocycles. The minimum atomic E-state index is -0.564. The number of rotatable bonds is 2. The maximum absolute atomic E-state index is 13.8. The van der Waals surface area contributed by atoms with Gasteiger partial charge in [-0.3, -0.25) is 5.32 Å². The highest BCUT2D eigenvalue weighted by molar-refractivity contribution is 7.22. The Labute approximate surface area is 135 Å².